The number of hydroxylamine groups is 2. The molecule has 96 valence electrons. The van der Waals surface area contributed by atoms with Gasteiger partial charge in [0.25, 0.3) is 0 Å². The first-order chi connectivity index (χ1) is 8.28. The minimum absolute atomic E-state index is 0.572. The second-order valence-corrected chi connectivity index (χ2v) is 6.83. The lowest BCUT2D eigenvalue weighted by Gasteiger charge is -2.50. The van der Waals surface area contributed by atoms with Crippen molar-refractivity contribution < 1.29 is 4.84 Å². The molecule has 5 aliphatic rings. The van der Waals surface area contributed by atoms with Gasteiger partial charge in [-0.05, 0) is 19.8 Å². The summed E-state index contributed by atoms with van der Waals surface area (Å²) in [6, 6.07) is 1.32. The van der Waals surface area contributed by atoms with Crippen LogP contribution in [0.1, 0.15) is 39.0 Å². The highest BCUT2D eigenvalue weighted by atomic mass is 16.7. The number of fused-ring (bicyclic) bond motifs is 1. The molecule has 4 aliphatic heterocycles. The Hall–Kier alpha value is -0.120. The Balaban J connectivity index is 1.73. The fraction of sp³-hybridized carbons (Fsp3) is 1.00. The average molecular weight is 236 g/mol. The Morgan fingerprint density at radius 3 is 2.76 bits per heavy atom. The predicted octanol–water partition coefficient (Wildman–Crippen LogP) is 1.89. The van der Waals surface area contributed by atoms with E-state index in [4.69, 9.17) is 4.84 Å². The monoisotopic (exact) mass is 236 g/mol. The molecule has 0 aromatic rings. The Kier molecular flexibility index (Phi) is 2.34. The first kappa shape index (κ1) is 10.8. The van der Waals surface area contributed by atoms with E-state index in [1.807, 2.05) is 0 Å². The van der Waals surface area contributed by atoms with Crippen molar-refractivity contribution in [2.24, 2.45) is 11.3 Å². The number of hydrogen-bond acceptors (Lipinski definition) is 3. The van der Waals surface area contributed by atoms with Gasteiger partial charge < -0.3 is 4.90 Å². The van der Waals surface area contributed by atoms with Gasteiger partial charge in [0.1, 0.15) is 0 Å². The maximum atomic E-state index is 6.03. The fourth-order valence-corrected chi connectivity index (χ4v) is 5.12. The van der Waals surface area contributed by atoms with Crippen LogP contribution in [0.3, 0.4) is 0 Å². The van der Waals surface area contributed by atoms with Crippen molar-refractivity contribution in [1.29, 1.82) is 0 Å². The lowest BCUT2D eigenvalue weighted by atomic mass is 9.64. The van der Waals surface area contributed by atoms with Gasteiger partial charge >= 0.3 is 0 Å². The lowest BCUT2D eigenvalue weighted by molar-refractivity contribution is -0.174. The van der Waals surface area contributed by atoms with Crippen LogP contribution in [0.5, 0.6) is 0 Å². The van der Waals surface area contributed by atoms with Crippen LogP contribution in [0, 0.1) is 11.3 Å². The highest BCUT2D eigenvalue weighted by Crippen LogP contribution is 2.51. The van der Waals surface area contributed by atoms with Crippen LogP contribution >= 0.6 is 0 Å². The van der Waals surface area contributed by atoms with Crippen molar-refractivity contribution in [2.45, 2.75) is 51.1 Å². The summed E-state index contributed by atoms with van der Waals surface area (Å²) in [5.41, 5.74) is 0.572. The third-order valence-corrected chi connectivity index (χ3v) is 5.62. The topological polar surface area (TPSA) is 15.7 Å². The molecule has 3 heteroatoms. The van der Waals surface area contributed by atoms with E-state index < -0.39 is 0 Å². The Morgan fingerprint density at radius 1 is 1.12 bits per heavy atom. The molecule has 5 fully saturated rings. The maximum Gasteiger partial charge on any atom is 0.0741 e. The van der Waals surface area contributed by atoms with E-state index >= 15 is 0 Å². The van der Waals surface area contributed by atoms with Crippen molar-refractivity contribution in [3.05, 3.63) is 0 Å². The van der Waals surface area contributed by atoms with E-state index in [0.29, 0.717) is 11.5 Å². The van der Waals surface area contributed by atoms with E-state index in [9.17, 15) is 0 Å². The average Bonchev–Trinajstić information content (AvgIpc) is 2.65. The molecule has 0 aromatic carbocycles. The van der Waals surface area contributed by atoms with Gasteiger partial charge in [0.2, 0.25) is 0 Å². The number of rotatable bonds is 0. The van der Waals surface area contributed by atoms with E-state index in [-0.39, 0.29) is 0 Å². The van der Waals surface area contributed by atoms with Crippen molar-refractivity contribution >= 4 is 0 Å². The molecular formula is C14H24N2O. The minimum atomic E-state index is 0.572. The maximum absolute atomic E-state index is 6.03. The molecule has 4 bridgehead atoms. The summed E-state index contributed by atoms with van der Waals surface area (Å²) >= 11 is 0. The summed E-state index contributed by atoms with van der Waals surface area (Å²) < 4.78 is 0. The van der Waals surface area contributed by atoms with Crippen molar-refractivity contribution in [1.82, 2.24) is 9.96 Å². The third kappa shape index (κ3) is 1.45. The quantitative estimate of drug-likeness (QED) is 0.639. The summed E-state index contributed by atoms with van der Waals surface area (Å²) in [5, 5.41) is 2.41. The molecular weight excluding hydrogens is 212 g/mol. The second kappa shape index (κ2) is 3.69. The fourth-order valence-electron chi connectivity index (χ4n) is 5.12. The summed E-state index contributed by atoms with van der Waals surface area (Å²) in [6.07, 6.45) is 7.22. The molecule has 0 N–H and O–H groups in total. The van der Waals surface area contributed by atoms with Crippen molar-refractivity contribution in [3.63, 3.8) is 0 Å². The standard InChI is InChI=1S/C14H24N2O/c1-11-7-15-8-12-9-17-16(11)13(12)14(10-15)5-3-2-4-6-14/h11-13H,2-10H2,1H3. The van der Waals surface area contributed by atoms with E-state index in [0.717, 1.165) is 18.6 Å². The van der Waals surface area contributed by atoms with Gasteiger partial charge in [-0.2, -0.15) is 5.06 Å². The van der Waals surface area contributed by atoms with Crippen molar-refractivity contribution in [3.8, 4) is 0 Å². The molecule has 5 rings (SSSR count). The molecule has 4 saturated heterocycles. The van der Waals surface area contributed by atoms with Gasteiger partial charge in [0.15, 0.2) is 0 Å². The Labute approximate surface area is 104 Å². The molecule has 0 aromatic heterocycles. The lowest BCUT2D eigenvalue weighted by Crippen LogP contribution is -2.56. The Morgan fingerprint density at radius 2 is 1.94 bits per heavy atom. The third-order valence-electron chi connectivity index (χ3n) is 5.62. The van der Waals surface area contributed by atoms with Gasteiger partial charge in [-0.15, -0.1) is 0 Å². The zero-order chi connectivity index (χ0) is 11.5. The smallest absolute Gasteiger partial charge is 0.0741 e. The van der Waals surface area contributed by atoms with Gasteiger partial charge in [0.05, 0.1) is 6.61 Å². The molecule has 4 heterocycles. The second-order valence-electron chi connectivity index (χ2n) is 6.83. The van der Waals surface area contributed by atoms with Crippen LogP contribution in [0.4, 0.5) is 0 Å². The van der Waals surface area contributed by atoms with Crippen LogP contribution in [0.2, 0.25) is 0 Å². The zero-order valence-corrected chi connectivity index (χ0v) is 10.9. The normalized spacial score (nSPS) is 51.7. The molecule has 5 atom stereocenters. The van der Waals surface area contributed by atoms with E-state index in [1.165, 1.54) is 51.7 Å². The predicted molar refractivity (Wildman–Crippen MR) is 66.5 cm³/mol. The number of piperidine rings is 1. The molecule has 0 amide bonds. The largest absolute Gasteiger partial charge is 0.301 e. The van der Waals surface area contributed by atoms with Gasteiger partial charge in [-0.25, -0.2) is 0 Å². The number of nitrogens with zero attached hydrogens (tertiary/aromatic N) is 2. The van der Waals surface area contributed by atoms with Gasteiger partial charge in [0, 0.05) is 43.1 Å². The number of hydrogen-bond donors (Lipinski definition) is 0. The minimum Gasteiger partial charge on any atom is -0.301 e. The van der Waals surface area contributed by atoms with Crippen LogP contribution in [0.15, 0.2) is 0 Å². The Bertz CT molecular complexity index is 311. The van der Waals surface area contributed by atoms with Crippen LogP contribution < -0.4 is 0 Å². The molecule has 1 spiro atoms. The zero-order valence-electron chi connectivity index (χ0n) is 10.9. The molecule has 17 heavy (non-hydrogen) atoms. The van der Waals surface area contributed by atoms with Gasteiger partial charge in [-0.3, -0.25) is 4.84 Å². The summed E-state index contributed by atoms with van der Waals surface area (Å²) in [4.78, 5) is 8.77. The summed E-state index contributed by atoms with van der Waals surface area (Å²) in [5.74, 6) is 0.784. The highest BCUT2D eigenvalue weighted by molar-refractivity contribution is 5.07. The van der Waals surface area contributed by atoms with Crippen LogP contribution in [-0.2, 0) is 4.84 Å². The van der Waals surface area contributed by atoms with Crippen LogP contribution in [-0.4, -0.2) is 48.3 Å². The van der Waals surface area contributed by atoms with Crippen LogP contribution in [0.25, 0.3) is 0 Å². The molecule has 0 radical (unpaired) electrons. The van der Waals surface area contributed by atoms with E-state index in [1.54, 1.807) is 0 Å². The SMILES string of the molecule is CC1CN2CC3CON1C3C1(CCCCC1)C2. The van der Waals surface area contributed by atoms with Crippen molar-refractivity contribution in [2.75, 3.05) is 26.2 Å². The highest BCUT2D eigenvalue weighted by Gasteiger charge is 2.57. The first-order valence-corrected chi connectivity index (χ1v) is 7.42. The first-order valence-electron chi connectivity index (χ1n) is 7.42. The summed E-state index contributed by atoms with van der Waals surface area (Å²) in [7, 11) is 0. The van der Waals surface area contributed by atoms with Gasteiger partial charge in [-0.1, -0.05) is 19.3 Å². The summed E-state index contributed by atoms with van der Waals surface area (Å²) in [6.45, 7) is 7.17. The van der Waals surface area contributed by atoms with E-state index in [2.05, 4.69) is 16.9 Å². The molecule has 1 saturated carbocycles. The molecule has 1 aliphatic carbocycles. The molecule has 5 unspecified atom stereocenters. The molecule has 3 nitrogen and oxygen atoms in total.